The van der Waals surface area contributed by atoms with Crippen molar-refractivity contribution in [3.05, 3.63) is 18.2 Å². The second kappa shape index (κ2) is 10.9. The number of hydrogen-bond acceptors (Lipinski definition) is 0. The Kier molecular flexibility index (Phi) is 9.44. The quantitative estimate of drug-likeness (QED) is 0.375. The van der Waals surface area contributed by atoms with Crippen LogP contribution in [0, 0.1) is 6.92 Å². The summed E-state index contributed by atoms with van der Waals surface area (Å²) in [6.07, 6.45) is 18.4. The lowest BCUT2D eigenvalue weighted by molar-refractivity contribution is -0.702. The zero-order chi connectivity index (χ0) is 14.6. The predicted molar refractivity (Wildman–Crippen MR) is 86.9 cm³/mol. The van der Waals surface area contributed by atoms with Crippen molar-refractivity contribution in [1.82, 2.24) is 4.57 Å². The monoisotopic (exact) mass is 279 g/mol. The maximum atomic E-state index is 2.41. The highest BCUT2D eigenvalue weighted by Gasteiger charge is 2.10. The fourth-order valence-corrected chi connectivity index (χ4v) is 2.85. The van der Waals surface area contributed by atoms with Crippen LogP contribution in [0.25, 0.3) is 0 Å². The van der Waals surface area contributed by atoms with E-state index in [0.717, 1.165) is 6.54 Å². The second-order valence-electron chi connectivity index (χ2n) is 6.06. The fraction of sp³-hybridized carbons (Fsp3) is 0.833. The molecule has 2 heteroatoms. The maximum Gasteiger partial charge on any atom is 0.253 e. The lowest BCUT2D eigenvalue weighted by Crippen LogP contribution is -2.35. The molecule has 2 nitrogen and oxygen atoms in total. The average Bonchev–Trinajstić information content (AvgIpc) is 2.79. The molecule has 0 atom stereocenters. The van der Waals surface area contributed by atoms with Crippen molar-refractivity contribution in [2.24, 2.45) is 0 Å². The van der Waals surface area contributed by atoms with Crippen molar-refractivity contribution < 1.29 is 4.57 Å². The predicted octanol–water partition coefficient (Wildman–Crippen LogP) is 5.02. The molecule has 1 aromatic rings. The molecular weight excluding hydrogens is 244 g/mol. The number of rotatable bonds is 12. The third-order valence-electron chi connectivity index (χ3n) is 4.22. The van der Waals surface area contributed by atoms with Gasteiger partial charge in [0.05, 0.1) is 13.1 Å². The van der Waals surface area contributed by atoms with E-state index >= 15 is 0 Å². The molecule has 0 amide bonds. The first-order chi connectivity index (χ1) is 9.79. The van der Waals surface area contributed by atoms with E-state index in [9.17, 15) is 0 Å². The topological polar surface area (TPSA) is 8.81 Å². The molecule has 0 aliphatic rings. The minimum Gasteiger partial charge on any atom is -0.235 e. The average molecular weight is 279 g/mol. The maximum absolute atomic E-state index is 2.41. The van der Waals surface area contributed by atoms with Crippen LogP contribution in [0.5, 0.6) is 0 Å². The lowest BCUT2D eigenvalue weighted by atomic mass is 10.1. The Morgan fingerprint density at radius 1 is 0.850 bits per heavy atom. The lowest BCUT2D eigenvalue weighted by Gasteiger charge is -2.02. The van der Waals surface area contributed by atoms with Gasteiger partial charge in [0.15, 0.2) is 0 Å². The molecule has 116 valence electrons. The summed E-state index contributed by atoms with van der Waals surface area (Å²) < 4.78 is 4.78. The minimum absolute atomic E-state index is 1.15. The van der Waals surface area contributed by atoms with Crippen LogP contribution in [-0.4, -0.2) is 4.57 Å². The van der Waals surface area contributed by atoms with Crippen LogP contribution in [0.1, 0.15) is 83.9 Å². The van der Waals surface area contributed by atoms with E-state index in [2.05, 4.69) is 42.3 Å². The molecule has 1 rings (SSSR count). The van der Waals surface area contributed by atoms with Crippen molar-refractivity contribution in [3.8, 4) is 0 Å². The fourth-order valence-electron chi connectivity index (χ4n) is 2.85. The highest BCUT2D eigenvalue weighted by Crippen LogP contribution is 2.10. The van der Waals surface area contributed by atoms with Gasteiger partial charge in [-0.3, -0.25) is 0 Å². The highest BCUT2D eigenvalue weighted by atomic mass is 15.1. The van der Waals surface area contributed by atoms with Gasteiger partial charge in [0.2, 0.25) is 0 Å². The largest absolute Gasteiger partial charge is 0.253 e. The van der Waals surface area contributed by atoms with Crippen LogP contribution in [-0.2, 0) is 13.1 Å². The van der Waals surface area contributed by atoms with Gasteiger partial charge in [0, 0.05) is 6.92 Å². The summed E-state index contributed by atoms with van der Waals surface area (Å²) in [4.78, 5) is 0. The van der Waals surface area contributed by atoms with Crippen molar-refractivity contribution in [2.45, 2.75) is 98.1 Å². The molecule has 0 saturated carbocycles. The summed E-state index contributed by atoms with van der Waals surface area (Å²) in [6, 6.07) is 0. The molecule has 0 radical (unpaired) electrons. The number of hydrogen-bond donors (Lipinski definition) is 0. The number of aromatic nitrogens is 2. The van der Waals surface area contributed by atoms with E-state index in [1.165, 1.54) is 76.6 Å². The van der Waals surface area contributed by atoms with Crippen LogP contribution < -0.4 is 4.57 Å². The Morgan fingerprint density at radius 2 is 1.45 bits per heavy atom. The molecule has 0 aromatic carbocycles. The Hall–Kier alpha value is -0.790. The van der Waals surface area contributed by atoms with E-state index in [1.807, 2.05) is 0 Å². The molecule has 0 unspecified atom stereocenters. The Morgan fingerprint density at radius 3 is 2.05 bits per heavy atom. The first kappa shape index (κ1) is 17.3. The van der Waals surface area contributed by atoms with E-state index < -0.39 is 0 Å². The van der Waals surface area contributed by atoms with Gasteiger partial charge in [-0.2, -0.15) is 0 Å². The van der Waals surface area contributed by atoms with Crippen molar-refractivity contribution in [1.29, 1.82) is 0 Å². The standard InChI is InChI=1S/C18H35N2/c1-4-6-7-8-9-10-11-12-13-15-20-17-16-19(14-5-2)18(20)3/h16-17H,4-15H2,1-3H3/q+1. The van der Waals surface area contributed by atoms with E-state index in [-0.39, 0.29) is 0 Å². The zero-order valence-electron chi connectivity index (χ0n) is 14.0. The third kappa shape index (κ3) is 6.58. The molecular formula is C18H35N2+. The van der Waals surface area contributed by atoms with E-state index in [0.29, 0.717) is 0 Å². The van der Waals surface area contributed by atoms with Gasteiger partial charge in [-0.15, -0.1) is 0 Å². The number of nitrogens with zero attached hydrogens (tertiary/aromatic N) is 2. The normalized spacial score (nSPS) is 11.2. The molecule has 0 bridgehead atoms. The Labute approximate surface area is 126 Å². The Balaban J connectivity index is 2.04. The van der Waals surface area contributed by atoms with Crippen molar-refractivity contribution in [3.63, 3.8) is 0 Å². The van der Waals surface area contributed by atoms with Gasteiger partial charge in [-0.1, -0.05) is 58.8 Å². The first-order valence-electron chi connectivity index (χ1n) is 8.84. The molecule has 20 heavy (non-hydrogen) atoms. The van der Waals surface area contributed by atoms with Gasteiger partial charge in [-0.05, 0) is 19.3 Å². The summed E-state index contributed by atoms with van der Waals surface area (Å²) in [5.41, 5.74) is 0. The summed E-state index contributed by atoms with van der Waals surface area (Å²) in [7, 11) is 0. The number of imidazole rings is 1. The van der Waals surface area contributed by atoms with Crippen LogP contribution in [0.3, 0.4) is 0 Å². The number of aryl methyl sites for hydroxylation is 2. The smallest absolute Gasteiger partial charge is 0.235 e. The highest BCUT2D eigenvalue weighted by molar-refractivity contribution is 4.79. The SMILES string of the molecule is CCCCCCCCCCCn1cc[n+](CCC)c1C. The van der Waals surface area contributed by atoms with Gasteiger partial charge < -0.3 is 0 Å². The molecule has 0 aliphatic carbocycles. The number of unbranched alkanes of at least 4 members (excludes halogenated alkanes) is 8. The third-order valence-corrected chi connectivity index (χ3v) is 4.22. The summed E-state index contributed by atoms with van der Waals surface area (Å²) in [6.45, 7) is 9.11. The summed E-state index contributed by atoms with van der Waals surface area (Å²) in [5.74, 6) is 1.41. The molecule has 0 saturated heterocycles. The van der Waals surface area contributed by atoms with Crippen LogP contribution in [0.2, 0.25) is 0 Å². The van der Waals surface area contributed by atoms with Gasteiger partial charge in [0.25, 0.3) is 5.82 Å². The summed E-state index contributed by atoms with van der Waals surface area (Å²) >= 11 is 0. The van der Waals surface area contributed by atoms with Gasteiger partial charge in [-0.25, -0.2) is 9.13 Å². The molecule has 0 fully saturated rings. The molecule has 1 aromatic heterocycles. The first-order valence-corrected chi connectivity index (χ1v) is 8.84. The van der Waals surface area contributed by atoms with Crippen molar-refractivity contribution >= 4 is 0 Å². The molecule has 0 spiro atoms. The van der Waals surface area contributed by atoms with E-state index in [1.54, 1.807) is 0 Å². The minimum atomic E-state index is 1.15. The molecule has 0 aliphatic heterocycles. The van der Waals surface area contributed by atoms with Crippen LogP contribution in [0.4, 0.5) is 0 Å². The second-order valence-corrected chi connectivity index (χ2v) is 6.06. The molecule has 1 heterocycles. The van der Waals surface area contributed by atoms with Gasteiger partial charge in [0.1, 0.15) is 12.4 Å². The van der Waals surface area contributed by atoms with E-state index in [4.69, 9.17) is 0 Å². The van der Waals surface area contributed by atoms with Crippen LogP contribution >= 0.6 is 0 Å². The van der Waals surface area contributed by atoms with Crippen LogP contribution in [0.15, 0.2) is 12.4 Å². The van der Waals surface area contributed by atoms with Crippen molar-refractivity contribution in [2.75, 3.05) is 0 Å². The molecule has 0 N–H and O–H groups in total. The summed E-state index contributed by atoms with van der Waals surface area (Å²) in [5, 5.41) is 0. The Bertz CT molecular complexity index is 341. The zero-order valence-corrected chi connectivity index (χ0v) is 14.0. The van der Waals surface area contributed by atoms with Gasteiger partial charge >= 0.3 is 0 Å².